The standard InChI is InChI=1S/C22H20ClFN2/c1-2-26(16-18-6-4-3-5-7-18)20-11-8-17(9-12-20)15-25-22-13-10-19(24)14-21(22)23/h3-15H,2,16H2,1H3. The fraction of sp³-hybridized carbons (Fsp3) is 0.136. The molecule has 132 valence electrons. The molecular formula is C22H20ClFN2. The summed E-state index contributed by atoms with van der Waals surface area (Å²) in [6.45, 7) is 3.94. The van der Waals surface area contributed by atoms with Gasteiger partial charge >= 0.3 is 0 Å². The molecule has 0 aliphatic rings. The van der Waals surface area contributed by atoms with Crippen molar-refractivity contribution in [1.29, 1.82) is 0 Å². The Bertz CT molecular complexity index is 876. The van der Waals surface area contributed by atoms with Gasteiger partial charge in [0, 0.05) is 25.0 Å². The maximum Gasteiger partial charge on any atom is 0.124 e. The number of hydrogen-bond acceptors (Lipinski definition) is 2. The number of aliphatic imine (C=N–C) groups is 1. The van der Waals surface area contributed by atoms with E-state index in [-0.39, 0.29) is 5.82 Å². The van der Waals surface area contributed by atoms with Crippen molar-refractivity contribution in [2.24, 2.45) is 4.99 Å². The first-order chi connectivity index (χ1) is 12.7. The van der Waals surface area contributed by atoms with Crippen molar-refractivity contribution in [2.45, 2.75) is 13.5 Å². The van der Waals surface area contributed by atoms with E-state index in [0.29, 0.717) is 10.7 Å². The van der Waals surface area contributed by atoms with E-state index in [1.165, 1.54) is 17.7 Å². The zero-order valence-electron chi connectivity index (χ0n) is 14.6. The SMILES string of the molecule is CCN(Cc1ccccc1)c1ccc(C=Nc2ccc(F)cc2Cl)cc1. The lowest BCUT2D eigenvalue weighted by Gasteiger charge is -2.23. The average molecular weight is 367 g/mol. The van der Waals surface area contributed by atoms with Gasteiger partial charge in [-0.05, 0) is 48.4 Å². The second kappa shape index (κ2) is 8.63. The molecule has 0 fully saturated rings. The van der Waals surface area contributed by atoms with Crippen LogP contribution in [0.25, 0.3) is 0 Å². The predicted octanol–water partition coefficient (Wildman–Crippen LogP) is 6.26. The van der Waals surface area contributed by atoms with Gasteiger partial charge in [-0.3, -0.25) is 4.99 Å². The molecule has 26 heavy (non-hydrogen) atoms. The van der Waals surface area contributed by atoms with Crippen LogP contribution in [0.15, 0.2) is 77.8 Å². The molecule has 0 saturated carbocycles. The molecule has 0 unspecified atom stereocenters. The molecule has 3 rings (SSSR count). The first-order valence-corrected chi connectivity index (χ1v) is 8.91. The zero-order chi connectivity index (χ0) is 18.4. The van der Waals surface area contributed by atoms with E-state index in [0.717, 1.165) is 24.3 Å². The van der Waals surface area contributed by atoms with Gasteiger partial charge in [0.05, 0.1) is 10.7 Å². The molecular weight excluding hydrogens is 347 g/mol. The summed E-state index contributed by atoms with van der Waals surface area (Å²) in [6, 6.07) is 22.8. The Morgan fingerprint density at radius 2 is 1.73 bits per heavy atom. The minimum Gasteiger partial charge on any atom is -0.367 e. The van der Waals surface area contributed by atoms with Crippen LogP contribution < -0.4 is 4.90 Å². The van der Waals surface area contributed by atoms with Crippen LogP contribution >= 0.6 is 11.6 Å². The normalized spacial score (nSPS) is 11.0. The number of halogens is 2. The second-order valence-electron chi connectivity index (χ2n) is 5.95. The van der Waals surface area contributed by atoms with Crippen LogP contribution in [0.3, 0.4) is 0 Å². The summed E-state index contributed by atoms with van der Waals surface area (Å²) in [7, 11) is 0. The Kier molecular flexibility index (Phi) is 6.03. The van der Waals surface area contributed by atoms with Crippen molar-refractivity contribution >= 4 is 29.2 Å². The van der Waals surface area contributed by atoms with Crippen LogP contribution in [0.1, 0.15) is 18.1 Å². The van der Waals surface area contributed by atoms with Gasteiger partial charge in [-0.15, -0.1) is 0 Å². The molecule has 0 N–H and O–H groups in total. The van der Waals surface area contributed by atoms with Crippen molar-refractivity contribution in [3.63, 3.8) is 0 Å². The molecule has 2 nitrogen and oxygen atoms in total. The molecule has 0 heterocycles. The molecule has 0 bridgehead atoms. The average Bonchev–Trinajstić information content (AvgIpc) is 2.67. The van der Waals surface area contributed by atoms with E-state index >= 15 is 0 Å². The van der Waals surface area contributed by atoms with Crippen LogP contribution in [0.5, 0.6) is 0 Å². The molecule has 0 aliphatic carbocycles. The monoisotopic (exact) mass is 366 g/mol. The third kappa shape index (κ3) is 4.70. The molecule has 0 spiro atoms. The van der Waals surface area contributed by atoms with Gasteiger partial charge in [-0.25, -0.2) is 4.39 Å². The van der Waals surface area contributed by atoms with E-state index < -0.39 is 0 Å². The van der Waals surface area contributed by atoms with Crippen LogP contribution in [0.4, 0.5) is 15.8 Å². The van der Waals surface area contributed by atoms with Gasteiger partial charge in [0.25, 0.3) is 0 Å². The van der Waals surface area contributed by atoms with Crippen molar-refractivity contribution in [2.75, 3.05) is 11.4 Å². The number of anilines is 1. The van der Waals surface area contributed by atoms with Gasteiger partial charge in [0.15, 0.2) is 0 Å². The largest absolute Gasteiger partial charge is 0.367 e. The molecule has 3 aromatic rings. The van der Waals surface area contributed by atoms with Crippen LogP contribution in [-0.2, 0) is 6.54 Å². The minimum atomic E-state index is -0.364. The van der Waals surface area contributed by atoms with Gasteiger partial charge in [0.1, 0.15) is 5.82 Å². The lowest BCUT2D eigenvalue weighted by Crippen LogP contribution is -2.21. The fourth-order valence-corrected chi connectivity index (χ4v) is 2.91. The predicted molar refractivity (Wildman–Crippen MR) is 108 cm³/mol. The van der Waals surface area contributed by atoms with E-state index in [1.54, 1.807) is 12.3 Å². The summed E-state index contributed by atoms with van der Waals surface area (Å²) in [6.07, 6.45) is 1.73. The molecule has 0 aliphatic heterocycles. The summed E-state index contributed by atoms with van der Waals surface area (Å²) >= 11 is 6.00. The topological polar surface area (TPSA) is 15.6 Å². The maximum absolute atomic E-state index is 13.1. The molecule has 0 aromatic heterocycles. The summed E-state index contributed by atoms with van der Waals surface area (Å²) < 4.78 is 13.1. The third-order valence-corrected chi connectivity index (χ3v) is 4.42. The highest BCUT2D eigenvalue weighted by molar-refractivity contribution is 6.33. The van der Waals surface area contributed by atoms with Gasteiger partial charge < -0.3 is 4.90 Å². The highest BCUT2D eigenvalue weighted by atomic mass is 35.5. The van der Waals surface area contributed by atoms with Gasteiger partial charge in [0.2, 0.25) is 0 Å². The number of hydrogen-bond donors (Lipinski definition) is 0. The Morgan fingerprint density at radius 1 is 1.00 bits per heavy atom. The van der Waals surface area contributed by atoms with Gasteiger partial charge in [-0.2, -0.15) is 0 Å². The molecule has 3 aromatic carbocycles. The van der Waals surface area contributed by atoms with E-state index in [2.05, 4.69) is 53.2 Å². The molecule has 4 heteroatoms. The molecule has 0 amide bonds. The summed E-state index contributed by atoms with van der Waals surface area (Å²) in [5.74, 6) is -0.364. The Balaban J connectivity index is 1.71. The van der Waals surface area contributed by atoms with Crippen molar-refractivity contribution in [3.8, 4) is 0 Å². The first kappa shape index (κ1) is 18.2. The Hall–Kier alpha value is -2.65. The van der Waals surface area contributed by atoms with E-state index in [4.69, 9.17) is 11.6 Å². The smallest absolute Gasteiger partial charge is 0.124 e. The highest BCUT2D eigenvalue weighted by Crippen LogP contribution is 2.25. The highest BCUT2D eigenvalue weighted by Gasteiger charge is 2.05. The van der Waals surface area contributed by atoms with E-state index in [9.17, 15) is 4.39 Å². The minimum absolute atomic E-state index is 0.304. The maximum atomic E-state index is 13.1. The Labute approximate surface area is 158 Å². The lowest BCUT2D eigenvalue weighted by atomic mass is 10.1. The Morgan fingerprint density at radius 3 is 2.38 bits per heavy atom. The molecule has 0 radical (unpaired) electrons. The number of nitrogens with zero attached hydrogens (tertiary/aromatic N) is 2. The quantitative estimate of drug-likeness (QED) is 0.470. The summed E-state index contributed by atoms with van der Waals surface area (Å²) in [5, 5.41) is 0.304. The van der Waals surface area contributed by atoms with Crippen LogP contribution in [-0.4, -0.2) is 12.8 Å². The first-order valence-electron chi connectivity index (χ1n) is 8.54. The van der Waals surface area contributed by atoms with Crippen LogP contribution in [0.2, 0.25) is 5.02 Å². The van der Waals surface area contributed by atoms with Crippen molar-refractivity contribution < 1.29 is 4.39 Å². The fourth-order valence-electron chi connectivity index (χ4n) is 2.69. The number of rotatable bonds is 6. The second-order valence-corrected chi connectivity index (χ2v) is 6.35. The van der Waals surface area contributed by atoms with Crippen molar-refractivity contribution in [3.05, 3.63) is 94.8 Å². The van der Waals surface area contributed by atoms with Crippen LogP contribution in [0, 0.1) is 5.82 Å². The lowest BCUT2D eigenvalue weighted by molar-refractivity contribution is 0.628. The molecule has 0 atom stereocenters. The summed E-state index contributed by atoms with van der Waals surface area (Å²) in [5.41, 5.74) is 3.96. The zero-order valence-corrected chi connectivity index (χ0v) is 15.3. The third-order valence-electron chi connectivity index (χ3n) is 4.12. The number of benzene rings is 3. The van der Waals surface area contributed by atoms with Crippen molar-refractivity contribution in [1.82, 2.24) is 0 Å². The van der Waals surface area contributed by atoms with Gasteiger partial charge in [-0.1, -0.05) is 54.1 Å². The van der Waals surface area contributed by atoms with E-state index in [1.807, 2.05) is 18.2 Å². The summed E-state index contributed by atoms with van der Waals surface area (Å²) in [4.78, 5) is 6.65. The molecule has 0 saturated heterocycles.